The fourth-order valence-electron chi connectivity index (χ4n) is 1.99. The first-order valence-electron chi connectivity index (χ1n) is 7.51. The van der Waals surface area contributed by atoms with Crippen LogP contribution < -0.4 is 10.6 Å². The van der Waals surface area contributed by atoms with Crippen LogP contribution in [0.15, 0.2) is 6.33 Å². The minimum absolute atomic E-state index is 0.573. The Hall–Kier alpha value is -1.89. The third-order valence-electron chi connectivity index (χ3n) is 3.48. The second-order valence-corrected chi connectivity index (χ2v) is 5.38. The van der Waals surface area contributed by atoms with Gasteiger partial charge in [-0.25, -0.2) is 4.98 Å². The van der Waals surface area contributed by atoms with Gasteiger partial charge in [0.05, 0.1) is 6.33 Å². The maximum Gasteiger partial charge on any atom is 0.226 e. The Labute approximate surface area is 125 Å². The smallest absolute Gasteiger partial charge is 0.226 e. The van der Waals surface area contributed by atoms with E-state index >= 15 is 0 Å². The number of nitrogens with zero attached hydrogens (tertiary/aromatic N) is 4. The van der Waals surface area contributed by atoms with E-state index in [1.54, 1.807) is 6.33 Å². The summed E-state index contributed by atoms with van der Waals surface area (Å²) in [5.41, 5.74) is 1.54. The van der Waals surface area contributed by atoms with Gasteiger partial charge in [-0.3, -0.25) is 0 Å². The molecule has 3 N–H and O–H groups in total. The van der Waals surface area contributed by atoms with Crippen molar-refractivity contribution < 1.29 is 0 Å². The van der Waals surface area contributed by atoms with Crippen LogP contribution in [0.3, 0.4) is 0 Å². The maximum atomic E-state index is 4.50. The molecule has 21 heavy (non-hydrogen) atoms. The van der Waals surface area contributed by atoms with Crippen molar-refractivity contribution in [2.24, 2.45) is 0 Å². The molecule has 0 aliphatic heterocycles. The first-order valence-corrected chi connectivity index (χ1v) is 7.51. The van der Waals surface area contributed by atoms with Crippen LogP contribution in [0.25, 0.3) is 11.2 Å². The number of imidazole rings is 1. The fourth-order valence-corrected chi connectivity index (χ4v) is 1.99. The quantitative estimate of drug-likeness (QED) is 0.645. The molecule has 0 aromatic carbocycles. The van der Waals surface area contributed by atoms with Gasteiger partial charge >= 0.3 is 0 Å². The highest BCUT2D eigenvalue weighted by Gasteiger charge is 2.09. The molecule has 116 valence electrons. The van der Waals surface area contributed by atoms with Crippen LogP contribution >= 0.6 is 0 Å². The van der Waals surface area contributed by atoms with E-state index in [-0.39, 0.29) is 0 Å². The SMILES string of the molecule is CCNc1nc(NCCCN(C)C(C)C)c2[nH]cnc2n1. The summed E-state index contributed by atoms with van der Waals surface area (Å²) in [5, 5.41) is 6.51. The number of hydrogen-bond donors (Lipinski definition) is 3. The fraction of sp³-hybridized carbons (Fsp3) is 0.643. The second-order valence-electron chi connectivity index (χ2n) is 5.38. The molecule has 0 aliphatic rings. The van der Waals surface area contributed by atoms with Crippen molar-refractivity contribution in [2.45, 2.75) is 33.2 Å². The summed E-state index contributed by atoms with van der Waals surface area (Å²) in [7, 11) is 2.14. The van der Waals surface area contributed by atoms with Gasteiger partial charge in [0.15, 0.2) is 11.5 Å². The van der Waals surface area contributed by atoms with Crippen LogP contribution in [0, 0.1) is 0 Å². The van der Waals surface area contributed by atoms with E-state index in [2.05, 4.69) is 56.4 Å². The summed E-state index contributed by atoms with van der Waals surface area (Å²) in [6.45, 7) is 9.14. The number of hydrogen-bond acceptors (Lipinski definition) is 6. The molecule has 0 bridgehead atoms. The number of H-pyrrole nitrogens is 1. The molecular weight excluding hydrogens is 266 g/mol. The average molecular weight is 291 g/mol. The first kappa shape index (κ1) is 15.5. The highest BCUT2D eigenvalue weighted by atomic mass is 15.2. The van der Waals surface area contributed by atoms with Crippen molar-refractivity contribution >= 4 is 22.9 Å². The topological polar surface area (TPSA) is 81.8 Å². The lowest BCUT2D eigenvalue weighted by Gasteiger charge is -2.20. The summed E-state index contributed by atoms with van der Waals surface area (Å²) >= 11 is 0. The zero-order valence-corrected chi connectivity index (χ0v) is 13.3. The minimum Gasteiger partial charge on any atom is -0.368 e. The van der Waals surface area contributed by atoms with Crippen LogP contribution in [0.4, 0.5) is 11.8 Å². The van der Waals surface area contributed by atoms with Gasteiger partial charge in [-0.15, -0.1) is 0 Å². The molecule has 0 unspecified atom stereocenters. The Morgan fingerprint density at radius 1 is 1.29 bits per heavy atom. The van der Waals surface area contributed by atoms with Gasteiger partial charge in [-0.1, -0.05) is 0 Å². The number of aromatic nitrogens is 4. The molecule has 0 amide bonds. The van der Waals surface area contributed by atoms with Crippen molar-refractivity contribution in [3.8, 4) is 0 Å². The van der Waals surface area contributed by atoms with Crippen LogP contribution in [-0.2, 0) is 0 Å². The Morgan fingerprint density at radius 3 is 2.81 bits per heavy atom. The molecule has 0 atom stereocenters. The van der Waals surface area contributed by atoms with Crippen LogP contribution in [-0.4, -0.2) is 57.6 Å². The van der Waals surface area contributed by atoms with Gasteiger partial charge in [-0.05, 0) is 40.8 Å². The molecule has 7 heteroatoms. The molecule has 0 saturated heterocycles. The summed E-state index contributed by atoms with van der Waals surface area (Å²) in [4.78, 5) is 18.5. The molecule has 2 aromatic rings. The summed E-state index contributed by atoms with van der Waals surface area (Å²) in [6.07, 6.45) is 2.71. The van der Waals surface area contributed by atoms with Crippen molar-refractivity contribution in [3.05, 3.63) is 6.33 Å². The highest BCUT2D eigenvalue weighted by Crippen LogP contribution is 2.18. The Kier molecular flexibility index (Phi) is 5.32. The Bertz CT molecular complexity index is 563. The van der Waals surface area contributed by atoms with E-state index in [4.69, 9.17) is 0 Å². The standard InChI is InChI=1S/C14H25N7/c1-5-15-14-19-12(11-13(20-14)18-9-17-11)16-7-6-8-21(4)10(2)3/h9-10H,5-8H2,1-4H3,(H3,15,16,17,18,19,20). The summed E-state index contributed by atoms with van der Waals surface area (Å²) in [6, 6.07) is 0.573. The molecule has 7 nitrogen and oxygen atoms in total. The predicted molar refractivity (Wildman–Crippen MR) is 86.7 cm³/mol. The summed E-state index contributed by atoms with van der Waals surface area (Å²) in [5.74, 6) is 1.42. The number of rotatable bonds is 8. The number of anilines is 2. The highest BCUT2D eigenvalue weighted by molar-refractivity contribution is 5.83. The van der Waals surface area contributed by atoms with Gasteiger partial charge in [-0.2, -0.15) is 9.97 Å². The van der Waals surface area contributed by atoms with E-state index in [0.29, 0.717) is 17.6 Å². The van der Waals surface area contributed by atoms with Gasteiger partial charge < -0.3 is 20.5 Å². The van der Waals surface area contributed by atoms with E-state index < -0.39 is 0 Å². The monoisotopic (exact) mass is 291 g/mol. The molecule has 0 spiro atoms. The van der Waals surface area contributed by atoms with Gasteiger partial charge in [0.1, 0.15) is 5.52 Å². The van der Waals surface area contributed by atoms with Crippen LogP contribution in [0.1, 0.15) is 27.2 Å². The van der Waals surface area contributed by atoms with Crippen LogP contribution in [0.5, 0.6) is 0 Å². The minimum atomic E-state index is 0.573. The normalized spacial score (nSPS) is 11.5. The first-order chi connectivity index (χ1) is 10.1. The van der Waals surface area contributed by atoms with E-state index in [9.17, 15) is 0 Å². The molecule has 2 aromatic heterocycles. The third kappa shape index (κ3) is 4.04. The second kappa shape index (κ2) is 7.21. The predicted octanol–water partition coefficient (Wildman–Crippen LogP) is 1.93. The lowest BCUT2D eigenvalue weighted by atomic mass is 10.3. The number of nitrogens with one attached hydrogen (secondary N) is 3. The molecular formula is C14H25N7. The lowest BCUT2D eigenvalue weighted by molar-refractivity contribution is 0.273. The molecule has 2 rings (SSSR count). The van der Waals surface area contributed by atoms with E-state index in [1.165, 1.54) is 0 Å². The largest absolute Gasteiger partial charge is 0.368 e. The van der Waals surface area contributed by atoms with Crippen molar-refractivity contribution in [1.82, 2.24) is 24.8 Å². The molecule has 0 radical (unpaired) electrons. The number of aromatic amines is 1. The Balaban J connectivity index is 1.98. The molecule has 0 aliphatic carbocycles. The maximum absolute atomic E-state index is 4.50. The van der Waals surface area contributed by atoms with Crippen molar-refractivity contribution in [1.29, 1.82) is 0 Å². The van der Waals surface area contributed by atoms with E-state index in [1.807, 2.05) is 6.92 Å². The zero-order chi connectivity index (χ0) is 15.2. The van der Waals surface area contributed by atoms with Crippen molar-refractivity contribution in [3.63, 3.8) is 0 Å². The van der Waals surface area contributed by atoms with Gasteiger partial charge in [0.2, 0.25) is 5.95 Å². The molecule has 2 heterocycles. The third-order valence-corrected chi connectivity index (χ3v) is 3.48. The number of fused-ring (bicyclic) bond motifs is 1. The Morgan fingerprint density at radius 2 is 2.10 bits per heavy atom. The van der Waals surface area contributed by atoms with Crippen LogP contribution in [0.2, 0.25) is 0 Å². The lowest BCUT2D eigenvalue weighted by Crippen LogP contribution is -2.28. The zero-order valence-electron chi connectivity index (χ0n) is 13.3. The van der Waals surface area contributed by atoms with Gasteiger partial charge in [0, 0.05) is 19.1 Å². The van der Waals surface area contributed by atoms with Crippen molar-refractivity contribution in [2.75, 3.05) is 37.3 Å². The van der Waals surface area contributed by atoms with E-state index in [0.717, 1.165) is 37.4 Å². The summed E-state index contributed by atoms with van der Waals surface area (Å²) < 4.78 is 0. The molecule has 0 fully saturated rings. The van der Waals surface area contributed by atoms with Gasteiger partial charge in [0.25, 0.3) is 0 Å². The molecule has 0 saturated carbocycles. The average Bonchev–Trinajstić information content (AvgIpc) is 2.91.